The van der Waals surface area contributed by atoms with Crippen LogP contribution in [0.3, 0.4) is 0 Å². The molecular formula is C19H21NO3. The zero-order valence-corrected chi connectivity index (χ0v) is 13.8. The number of likely N-dealkylation sites (tertiary alicyclic amines) is 1. The lowest BCUT2D eigenvalue weighted by Crippen LogP contribution is -2.69. The molecule has 0 saturated carbocycles. The zero-order valence-electron chi connectivity index (χ0n) is 13.8. The monoisotopic (exact) mass is 311 g/mol. The SMILES string of the molecule is COc1ccc2c3c1O[C@@]1(C)C(=O)C=C[C@@H]4[C@@H](C2)N(C)CC[C@]341. The average molecular weight is 311 g/mol. The summed E-state index contributed by atoms with van der Waals surface area (Å²) in [6, 6.07) is 4.59. The van der Waals surface area contributed by atoms with Crippen molar-refractivity contribution in [2.45, 2.75) is 36.8 Å². The number of nitrogens with zero attached hydrogens (tertiary/aromatic N) is 1. The lowest BCUT2D eigenvalue weighted by atomic mass is 9.49. The largest absolute Gasteiger partial charge is 0.493 e. The molecule has 2 aliphatic carbocycles. The highest BCUT2D eigenvalue weighted by molar-refractivity contribution is 6.01. The van der Waals surface area contributed by atoms with Gasteiger partial charge in [0.1, 0.15) is 0 Å². The summed E-state index contributed by atoms with van der Waals surface area (Å²) in [7, 11) is 3.87. The van der Waals surface area contributed by atoms with E-state index in [4.69, 9.17) is 9.47 Å². The molecule has 1 spiro atoms. The summed E-state index contributed by atoms with van der Waals surface area (Å²) in [4.78, 5) is 15.3. The van der Waals surface area contributed by atoms with Gasteiger partial charge in [-0.25, -0.2) is 0 Å². The maximum atomic E-state index is 12.9. The summed E-state index contributed by atoms with van der Waals surface area (Å²) < 4.78 is 11.9. The number of carbonyl (C=O) groups is 1. The van der Waals surface area contributed by atoms with E-state index in [0.29, 0.717) is 12.0 Å². The first-order valence-corrected chi connectivity index (χ1v) is 8.35. The first kappa shape index (κ1) is 13.6. The molecule has 2 aliphatic heterocycles. The van der Waals surface area contributed by atoms with Crippen LogP contribution in [0.4, 0.5) is 0 Å². The molecule has 2 bridgehead atoms. The molecule has 1 fully saturated rings. The summed E-state index contributed by atoms with van der Waals surface area (Å²) in [5.74, 6) is 1.96. The highest BCUT2D eigenvalue weighted by Gasteiger charge is 2.70. The first-order chi connectivity index (χ1) is 11.0. The Balaban J connectivity index is 1.88. The molecule has 5 rings (SSSR count). The van der Waals surface area contributed by atoms with Gasteiger partial charge in [-0.15, -0.1) is 0 Å². The van der Waals surface area contributed by atoms with Crippen molar-refractivity contribution in [1.82, 2.24) is 4.90 Å². The van der Waals surface area contributed by atoms with Crippen LogP contribution < -0.4 is 9.47 Å². The number of hydrogen-bond donors (Lipinski definition) is 0. The van der Waals surface area contributed by atoms with E-state index >= 15 is 0 Å². The van der Waals surface area contributed by atoms with Crippen molar-refractivity contribution in [3.05, 3.63) is 35.4 Å². The van der Waals surface area contributed by atoms with Crippen LogP contribution in [0.5, 0.6) is 11.5 Å². The molecule has 1 saturated heterocycles. The third kappa shape index (κ3) is 1.28. The minimum Gasteiger partial charge on any atom is -0.493 e. The minimum absolute atomic E-state index is 0.0863. The summed E-state index contributed by atoms with van der Waals surface area (Å²) >= 11 is 0. The fourth-order valence-electron chi connectivity index (χ4n) is 5.62. The predicted molar refractivity (Wildman–Crippen MR) is 86.1 cm³/mol. The Labute approximate surface area is 136 Å². The van der Waals surface area contributed by atoms with Crippen molar-refractivity contribution < 1.29 is 14.3 Å². The van der Waals surface area contributed by atoms with Gasteiger partial charge < -0.3 is 14.4 Å². The van der Waals surface area contributed by atoms with Crippen LogP contribution in [0.2, 0.25) is 0 Å². The van der Waals surface area contributed by atoms with Crippen LogP contribution in [0.1, 0.15) is 24.5 Å². The molecule has 23 heavy (non-hydrogen) atoms. The molecule has 4 atom stereocenters. The standard InChI is InChI=1S/C19H21NO3/c1-18-15(21)7-5-12-13-10-11-4-6-14(22-3)17(23-18)16(11)19(12,18)8-9-20(13)2/h4-7,12-13H,8-10H2,1-3H3/t12-,13-,18+,19-/m1/s1. The first-order valence-electron chi connectivity index (χ1n) is 8.35. The van der Waals surface area contributed by atoms with Crippen LogP contribution in [0.25, 0.3) is 0 Å². The second kappa shape index (κ2) is 3.99. The quantitative estimate of drug-likeness (QED) is 0.796. The Kier molecular flexibility index (Phi) is 2.36. The molecule has 4 heteroatoms. The van der Waals surface area contributed by atoms with Crippen molar-refractivity contribution in [3.63, 3.8) is 0 Å². The van der Waals surface area contributed by atoms with Crippen molar-refractivity contribution >= 4 is 5.78 Å². The van der Waals surface area contributed by atoms with Crippen molar-refractivity contribution in [2.24, 2.45) is 5.92 Å². The molecule has 0 amide bonds. The third-order valence-electron chi connectivity index (χ3n) is 6.79. The summed E-state index contributed by atoms with van der Waals surface area (Å²) in [5, 5.41) is 0. The van der Waals surface area contributed by atoms with Crippen molar-refractivity contribution in [3.8, 4) is 11.5 Å². The Hall–Kier alpha value is -1.81. The fourth-order valence-corrected chi connectivity index (χ4v) is 5.62. The van der Waals surface area contributed by atoms with E-state index in [2.05, 4.69) is 24.1 Å². The van der Waals surface area contributed by atoms with Gasteiger partial charge in [-0.1, -0.05) is 12.1 Å². The molecule has 0 radical (unpaired) electrons. The molecule has 0 unspecified atom stereocenters. The van der Waals surface area contributed by atoms with E-state index in [0.717, 1.165) is 30.9 Å². The van der Waals surface area contributed by atoms with E-state index < -0.39 is 5.60 Å². The number of carbonyl (C=O) groups excluding carboxylic acids is 1. The smallest absolute Gasteiger partial charge is 0.199 e. The number of benzene rings is 1. The number of likely N-dealkylation sites (N-methyl/N-ethyl adjacent to an activating group) is 1. The number of piperidine rings is 1. The van der Waals surface area contributed by atoms with E-state index in [1.54, 1.807) is 13.2 Å². The van der Waals surface area contributed by atoms with Crippen LogP contribution in [-0.4, -0.2) is 43.0 Å². The molecule has 120 valence electrons. The van der Waals surface area contributed by atoms with Gasteiger partial charge in [0, 0.05) is 17.5 Å². The zero-order chi connectivity index (χ0) is 16.0. The summed E-state index contributed by atoms with van der Waals surface area (Å²) in [6.45, 7) is 2.99. The Bertz CT molecular complexity index is 770. The lowest BCUT2D eigenvalue weighted by Gasteiger charge is -2.58. The lowest BCUT2D eigenvalue weighted by molar-refractivity contribution is -0.140. The molecule has 2 heterocycles. The van der Waals surface area contributed by atoms with E-state index in [1.807, 2.05) is 13.0 Å². The molecule has 1 aromatic carbocycles. The van der Waals surface area contributed by atoms with E-state index in [-0.39, 0.29) is 11.2 Å². The number of rotatable bonds is 1. The number of ether oxygens (including phenoxy) is 2. The average Bonchev–Trinajstić information content (AvgIpc) is 2.82. The minimum atomic E-state index is -0.807. The number of ketones is 1. The van der Waals surface area contributed by atoms with Gasteiger partial charge in [0.25, 0.3) is 0 Å². The van der Waals surface area contributed by atoms with Crippen LogP contribution in [0, 0.1) is 5.92 Å². The topological polar surface area (TPSA) is 38.8 Å². The fraction of sp³-hybridized carbons (Fsp3) is 0.526. The van der Waals surface area contributed by atoms with Gasteiger partial charge in [0.15, 0.2) is 22.9 Å². The molecular weight excluding hydrogens is 290 g/mol. The summed E-state index contributed by atoms with van der Waals surface area (Å²) in [6.07, 6.45) is 5.85. The van der Waals surface area contributed by atoms with Crippen LogP contribution in [0.15, 0.2) is 24.3 Å². The number of methoxy groups -OCH3 is 1. The number of hydrogen-bond acceptors (Lipinski definition) is 4. The van der Waals surface area contributed by atoms with Crippen molar-refractivity contribution in [1.29, 1.82) is 0 Å². The van der Waals surface area contributed by atoms with Gasteiger partial charge in [0.2, 0.25) is 0 Å². The second-order valence-electron chi connectivity index (χ2n) is 7.49. The van der Waals surface area contributed by atoms with Gasteiger partial charge in [-0.2, -0.15) is 0 Å². The highest BCUT2D eigenvalue weighted by Crippen LogP contribution is 2.65. The normalized spacial score (nSPS) is 39.9. The Morgan fingerprint density at radius 2 is 2.22 bits per heavy atom. The van der Waals surface area contributed by atoms with E-state index in [1.165, 1.54) is 11.1 Å². The molecule has 0 aromatic heterocycles. The van der Waals surface area contributed by atoms with Gasteiger partial charge in [-0.05, 0) is 51.1 Å². The molecule has 1 aromatic rings. The Morgan fingerprint density at radius 1 is 1.39 bits per heavy atom. The van der Waals surface area contributed by atoms with Crippen LogP contribution >= 0.6 is 0 Å². The van der Waals surface area contributed by atoms with Gasteiger partial charge in [0.05, 0.1) is 12.5 Å². The highest BCUT2D eigenvalue weighted by atomic mass is 16.5. The molecule has 4 aliphatic rings. The Morgan fingerprint density at radius 3 is 3.00 bits per heavy atom. The maximum absolute atomic E-state index is 12.9. The maximum Gasteiger partial charge on any atom is 0.199 e. The van der Waals surface area contributed by atoms with Crippen molar-refractivity contribution in [2.75, 3.05) is 20.7 Å². The van der Waals surface area contributed by atoms with E-state index in [9.17, 15) is 4.79 Å². The second-order valence-corrected chi connectivity index (χ2v) is 7.49. The predicted octanol–water partition coefficient (Wildman–Crippen LogP) is 2.10. The third-order valence-corrected chi connectivity index (χ3v) is 6.79. The van der Waals surface area contributed by atoms with Crippen LogP contribution in [-0.2, 0) is 16.6 Å². The molecule has 0 N–H and O–H groups in total. The molecule has 4 nitrogen and oxygen atoms in total. The van der Waals surface area contributed by atoms with Gasteiger partial charge >= 0.3 is 0 Å². The summed E-state index contributed by atoms with van der Waals surface area (Å²) in [5.41, 5.74) is 1.51. The van der Waals surface area contributed by atoms with Gasteiger partial charge in [-0.3, -0.25) is 4.79 Å².